The summed E-state index contributed by atoms with van der Waals surface area (Å²) in [6, 6.07) is 0.296. The van der Waals surface area contributed by atoms with Crippen molar-refractivity contribution in [3.8, 4) is 5.88 Å². The Hall–Kier alpha value is -1.65. The zero-order valence-corrected chi connectivity index (χ0v) is 9.32. The molecule has 0 radical (unpaired) electrons. The smallest absolute Gasteiger partial charge is 0.388 e. The van der Waals surface area contributed by atoms with Gasteiger partial charge in [-0.3, -0.25) is 0 Å². The largest absolute Gasteiger partial charge is 0.574 e. The van der Waals surface area contributed by atoms with E-state index < -0.39 is 48.2 Å². The Morgan fingerprint density at radius 2 is 1.70 bits per heavy atom. The lowest BCUT2D eigenvalue weighted by Crippen LogP contribution is -2.22. The van der Waals surface area contributed by atoms with Gasteiger partial charge in [-0.15, -0.1) is 13.2 Å². The number of hydrogen-bond donors (Lipinski definition) is 1. The molecule has 0 aromatic carbocycles. The Morgan fingerprint density at radius 3 is 2.05 bits per heavy atom. The van der Waals surface area contributed by atoms with Gasteiger partial charge in [0, 0.05) is 12.6 Å². The van der Waals surface area contributed by atoms with E-state index in [-0.39, 0.29) is 0 Å². The van der Waals surface area contributed by atoms with E-state index in [1.165, 1.54) is 0 Å². The Balaban J connectivity index is 3.48. The second kappa shape index (κ2) is 5.38. The molecule has 0 unspecified atom stereocenters. The number of nitrogens with two attached hydrogens (primary N) is 1. The molecule has 0 aliphatic rings. The van der Waals surface area contributed by atoms with Crippen molar-refractivity contribution in [1.29, 1.82) is 0 Å². The van der Waals surface area contributed by atoms with Crippen LogP contribution in [0.1, 0.15) is 23.2 Å². The van der Waals surface area contributed by atoms with Gasteiger partial charge >= 0.3 is 12.5 Å². The third-order valence-corrected chi connectivity index (χ3v) is 2.05. The highest BCUT2D eigenvalue weighted by Crippen LogP contribution is 2.39. The van der Waals surface area contributed by atoms with E-state index in [2.05, 4.69) is 9.72 Å². The van der Waals surface area contributed by atoms with Crippen molar-refractivity contribution in [1.82, 2.24) is 4.98 Å². The molecule has 0 fully saturated rings. The molecule has 0 aliphatic carbocycles. The minimum Gasteiger partial charge on any atom is -0.388 e. The lowest BCUT2D eigenvalue weighted by Gasteiger charge is -2.17. The number of alkyl halides is 8. The highest BCUT2D eigenvalue weighted by molar-refractivity contribution is 5.37. The van der Waals surface area contributed by atoms with Crippen LogP contribution >= 0.6 is 0 Å². The van der Waals surface area contributed by atoms with E-state index in [1.807, 2.05) is 0 Å². The Morgan fingerprint density at radius 1 is 1.15 bits per heavy atom. The maximum absolute atomic E-state index is 12.6. The van der Waals surface area contributed by atoms with Gasteiger partial charge in [-0.1, -0.05) is 0 Å². The molecule has 1 heterocycles. The molecule has 20 heavy (non-hydrogen) atoms. The maximum atomic E-state index is 12.6. The van der Waals surface area contributed by atoms with Crippen molar-refractivity contribution in [2.24, 2.45) is 5.73 Å². The molecule has 0 aliphatic heterocycles. The van der Waals surface area contributed by atoms with Gasteiger partial charge in [0.25, 0.3) is 6.43 Å². The zero-order chi connectivity index (χ0) is 15.7. The van der Waals surface area contributed by atoms with Crippen LogP contribution in [0, 0.1) is 0 Å². The van der Waals surface area contributed by atoms with E-state index >= 15 is 0 Å². The van der Waals surface area contributed by atoms with Crippen LogP contribution in [0.5, 0.6) is 5.88 Å². The van der Waals surface area contributed by atoms with Crippen molar-refractivity contribution < 1.29 is 39.9 Å². The van der Waals surface area contributed by atoms with Gasteiger partial charge in [-0.25, -0.2) is 13.8 Å². The summed E-state index contributed by atoms with van der Waals surface area (Å²) in [5, 5.41) is 0. The summed E-state index contributed by atoms with van der Waals surface area (Å²) in [5.41, 5.74) is 0.418. The highest BCUT2D eigenvalue weighted by atomic mass is 19.4. The molecular formula is C9H6F8N2O. The van der Waals surface area contributed by atoms with Gasteiger partial charge in [0.1, 0.15) is 0 Å². The number of rotatable bonds is 3. The number of aromatic nitrogens is 1. The molecule has 0 atom stereocenters. The van der Waals surface area contributed by atoms with Gasteiger partial charge in [-0.2, -0.15) is 13.2 Å². The molecule has 0 amide bonds. The van der Waals surface area contributed by atoms with E-state index in [1.54, 1.807) is 0 Å². The van der Waals surface area contributed by atoms with Crippen molar-refractivity contribution in [3.05, 3.63) is 22.9 Å². The first kappa shape index (κ1) is 16.4. The Bertz CT molecular complexity index is 482. The fraction of sp³-hybridized carbons (Fsp3) is 0.444. The average Bonchev–Trinajstić information content (AvgIpc) is 2.23. The molecule has 1 rings (SSSR count). The monoisotopic (exact) mass is 310 g/mol. The van der Waals surface area contributed by atoms with E-state index in [0.29, 0.717) is 6.07 Å². The number of ether oxygens (including phenoxy) is 1. The maximum Gasteiger partial charge on any atom is 0.574 e. The fourth-order valence-electron chi connectivity index (χ4n) is 1.38. The summed E-state index contributed by atoms with van der Waals surface area (Å²) in [5.74, 6) is -1.50. The van der Waals surface area contributed by atoms with E-state index in [9.17, 15) is 35.1 Å². The molecule has 0 saturated heterocycles. The molecule has 0 bridgehead atoms. The van der Waals surface area contributed by atoms with Gasteiger partial charge in [0.15, 0.2) is 5.69 Å². The second-order valence-electron chi connectivity index (χ2n) is 3.43. The third kappa shape index (κ3) is 3.92. The van der Waals surface area contributed by atoms with E-state index in [4.69, 9.17) is 5.73 Å². The van der Waals surface area contributed by atoms with Crippen LogP contribution in [0.3, 0.4) is 0 Å². The first-order chi connectivity index (χ1) is 8.95. The topological polar surface area (TPSA) is 48.1 Å². The molecule has 114 valence electrons. The Labute approximate surface area is 106 Å². The standard InChI is InChI=1S/C9H6F8N2O/c10-7(11)5-3(2-18)1-4(20-9(15,16)17)19-6(5)8(12,13)14/h1,7H,2,18H2. The number of nitrogens with zero attached hydrogens (tertiary/aromatic N) is 1. The summed E-state index contributed by atoms with van der Waals surface area (Å²) in [6.45, 7) is -0.834. The SMILES string of the molecule is NCc1cc(OC(F)(F)F)nc(C(F)(F)F)c1C(F)F. The van der Waals surface area contributed by atoms with Crippen LogP contribution in [0.4, 0.5) is 35.1 Å². The normalized spacial score (nSPS) is 12.9. The van der Waals surface area contributed by atoms with Crippen molar-refractivity contribution >= 4 is 0 Å². The minimum absolute atomic E-state index is 0.296. The van der Waals surface area contributed by atoms with Crippen LogP contribution in [0.15, 0.2) is 6.07 Å². The fourth-order valence-corrected chi connectivity index (χ4v) is 1.38. The van der Waals surface area contributed by atoms with Crippen LogP contribution in [0.25, 0.3) is 0 Å². The van der Waals surface area contributed by atoms with Gasteiger partial charge < -0.3 is 10.5 Å². The lowest BCUT2D eigenvalue weighted by molar-refractivity contribution is -0.276. The van der Waals surface area contributed by atoms with Gasteiger partial charge in [0.05, 0.1) is 5.56 Å². The minimum atomic E-state index is -5.37. The highest BCUT2D eigenvalue weighted by Gasteiger charge is 2.41. The molecule has 0 spiro atoms. The van der Waals surface area contributed by atoms with Crippen LogP contribution in [-0.2, 0) is 12.7 Å². The molecule has 2 N–H and O–H groups in total. The zero-order valence-electron chi connectivity index (χ0n) is 9.32. The number of pyridine rings is 1. The quantitative estimate of drug-likeness (QED) is 0.871. The molecular weight excluding hydrogens is 304 g/mol. The van der Waals surface area contributed by atoms with Crippen molar-refractivity contribution in [2.45, 2.75) is 25.5 Å². The van der Waals surface area contributed by atoms with Crippen molar-refractivity contribution in [3.63, 3.8) is 0 Å². The van der Waals surface area contributed by atoms with Gasteiger partial charge in [0.2, 0.25) is 5.88 Å². The first-order valence-corrected chi connectivity index (χ1v) is 4.80. The first-order valence-electron chi connectivity index (χ1n) is 4.80. The third-order valence-electron chi connectivity index (χ3n) is 2.05. The number of halogens is 8. The second-order valence-corrected chi connectivity index (χ2v) is 3.43. The van der Waals surface area contributed by atoms with Crippen LogP contribution in [0.2, 0.25) is 0 Å². The summed E-state index contributed by atoms with van der Waals surface area (Å²) >= 11 is 0. The predicted octanol–water partition coefficient (Wildman–Crippen LogP) is 3.40. The van der Waals surface area contributed by atoms with Crippen molar-refractivity contribution in [2.75, 3.05) is 0 Å². The Kier molecular flexibility index (Phi) is 4.42. The lowest BCUT2D eigenvalue weighted by atomic mass is 10.1. The summed E-state index contributed by atoms with van der Waals surface area (Å²) in [4.78, 5) is 2.46. The molecule has 1 aromatic rings. The molecule has 3 nitrogen and oxygen atoms in total. The molecule has 11 heteroatoms. The number of hydrogen-bond acceptors (Lipinski definition) is 3. The molecule has 0 saturated carbocycles. The summed E-state index contributed by atoms with van der Waals surface area (Å²) in [6.07, 6.45) is -14.3. The van der Waals surface area contributed by atoms with Crippen LogP contribution < -0.4 is 10.5 Å². The summed E-state index contributed by atoms with van der Waals surface area (Å²) in [7, 11) is 0. The van der Waals surface area contributed by atoms with Gasteiger partial charge in [-0.05, 0) is 5.56 Å². The summed E-state index contributed by atoms with van der Waals surface area (Å²) < 4.78 is 102. The van der Waals surface area contributed by atoms with E-state index in [0.717, 1.165) is 0 Å². The predicted molar refractivity (Wildman–Crippen MR) is 48.8 cm³/mol. The average molecular weight is 310 g/mol. The van der Waals surface area contributed by atoms with Crippen LogP contribution in [-0.4, -0.2) is 11.3 Å². The molecule has 1 aromatic heterocycles.